The minimum absolute atomic E-state index is 0.274. The Hall–Kier alpha value is -1.04. The first-order valence-electron chi connectivity index (χ1n) is 13.0. The van der Waals surface area contributed by atoms with Crippen LogP contribution in [0.4, 0.5) is 8.78 Å². The molecule has 186 valence electrons. The van der Waals surface area contributed by atoms with Gasteiger partial charge in [-0.1, -0.05) is 43.7 Å². The fraction of sp³-hybridized carbons (Fsp3) is 0.786. The first kappa shape index (κ1) is 25.1. The van der Waals surface area contributed by atoms with Crippen LogP contribution in [0.5, 0.6) is 0 Å². The Morgan fingerprint density at radius 3 is 2.52 bits per heavy atom. The van der Waals surface area contributed by atoms with Crippen LogP contribution in [0.3, 0.4) is 0 Å². The number of likely N-dealkylation sites (tertiary alicyclic amines) is 1. The Morgan fingerprint density at radius 2 is 1.88 bits per heavy atom. The lowest BCUT2D eigenvalue weighted by Gasteiger charge is -2.45. The van der Waals surface area contributed by atoms with Crippen molar-refractivity contribution in [3.05, 3.63) is 35.5 Å². The highest BCUT2D eigenvalue weighted by atomic mass is 19.3. The van der Waals surface area contributed by atoms with E-state index in [2.05, 4.69) is 37.5 Å². The fourth-order valence-corrected chi connectivity index (χ4v) is 7.59. The SMILES string of the molecule is C=C1[C@H](O)CC(=C/C=C2\CCC[C@]3(C)[C@@H]([C@H](C)CN4CC[C@H](C(C)(F)F)C4)CC[C@@H]23)C[C@H]1O. The Labute approximate surface area is 198 Å². The molecule has 1 heterocycles. The molecule has 0 aromatic heterocycles. The molecule has 7 atom stereocenters. The predicted molar refractivity (Wildman–Crippen MR) is 129 cm³/mol. The van der Waals surface area contributed by atoms with Crippen molar-refractivity contribution in [1.82, 2.24) is 4.90 Å². The molecule has 5 heteroatoms. The summed E-state index contributed by atoms with van der Waals surface area (Å²) in [5, 5.41) is 20.3. The monoisotopic (exact) mass is 463 g/mol. The second kappa shape index (κ2) is 9.54. The van der Waals surface area contributed by atoms with Gasteiger partial charge < -0.3 is 15.1 Å². The molecule has 3 aliphatic carbocycles. The van der Waals surface area contributed by atoms with Crippen molar-refractivity contribution >= 4 is 0 Å². The van der Waals surface area contributed by atoms with Crippen LogP contribution < -0.4 is 0 Å². The Balaban J connectivity index is 1.42. The van der Waals surface area contributed by atoms with Crippen molar-refractivity contribution in [2.45, 2.75) is 90.3 Å². The van der Waals surface area contributed by atoms with Gasteiger partial charge in [0.1, 0.15) is 0 Å². The van der Waals surface area contributed by atoms with Crippen molar-refractivity contribution < 1.29 is 19.0 Å². The molecule has 3 saturated carbocycles. The lowest BCUT2D eigenvalue weighted by molar-refractivity contribution is -0.0360. The molecule has 4 fully saturated rings. The zero-order chi connectivity index (χ0) is 24.0. The molecule has 4 aliphatic rings. The maximum Gasteiger partial charge on any atom is 0.249 e. The van der Waals surface area contributed by atoms with Gasteiger partial charge in [-0.25, -0.2) is 8.78 Å². The summed E-state index contributed by atoms with van der Waals surface area (Å²) in [4.78, 5) is 2.28. The number of halogens is 2. The second-order valence-electron chi connectivity index (χ2n) is 11.9. The number of hydrogen-bond donors (Lipinski definition) is 2. The standard InChI is InChI=1S/C28H43F2NO2/c1-18(16-31-13-11-22(17-31)28(4,29)30)23-9-10-24-21(6-5-12-27(23,24)3)8-7-20-14-25(32)19(2)26(33)15-20/h7-8,18,22-26,32-33H,2,5-6,9-17H2,1,3-4H3/b21-8+/t18-,22+,23-,24+,25-,26-,27-/m1/s1. The van der Waals surface area contributed by atoms with E-state index in [-0.39, 0.29) is 5.41 Å². The molecule has 0 aromatic carbocycles. The number of alkyl halides is 2. The largest absolute Gasteiger partial charge is 0.388 e. The van der Waals surface area contributed by atoms with Crippen LogP contribution in [0.1, 0.15) is 72.1 Å². The molecule has 1 aliphatic heterocycles. The third-order valence-electron chi connectivity index (χ3n) is 9.56. The van der Waals surface area contributed by atoms with E-state index in [9.17, 15) is 19.0 Å². The average Bonchev–Trinajstić information content (AvgIpc) is 3.34. The van der Waals surface area contributed by atoms with E-state index >= 15 is 0 Å². The summed E-state index contributed by atoms with van der Waals surface area (Å²) in [5.74, 6) is -1.35. The van der Waals surface area contributed by atoms with Crippen LogP contribution in [0.15, 0.2) is 35.5 Å². The van der Waals surface area contributed by atoms with E-state index in [1.54, 1.807) is 0 Å². The molecule has 2 N–H and O–H groups in total. The van der Waals surface area contributed by atoms with Crippen molar-refractivity contribution in [2.24, 2.45) is 29.1 Å². The molecular formula is C28H43F2NO2. The number of nitrogens with zero attached hydrogens (tertiary/aromatic N) is 1. The number of fused-ring (bicyclic) bond motifs is 1. The summed E-state index contributed by atoms with van der Waals surface area (Å²) < 4.78 is 27.5. The zero-order valence-electron chi connectivity index (χ0n) is 20.7. The molecular weight excluding hydrogens is 420 g/mol. The van der Waals surface area contributed by atoms with Crippen LogP contribution in [0.2, 0.25) is 0 Å². The fourth-order valence-electron chi connectivity index (χ4n) is 7.59. The highest BCUT2D eigenvalue weighted by Crippen LogP contribution is 2.59. The third-order valence-corrected chi connectivity index (χ3v) is 9.56. The number of hydrogen-bond acceptors (Lipinski definition) is 3. The van der Waals surface area contributed by atoms with E-state index in [0.29, 0.717) is 49.1 Å². The second-order valence-corrected chi connectivity index (χ2v) is 11.9. The predicted octanol–water partition coefficient (Wildman–Crippen LogP) is 5.74. The maximum atomic E-state index is 13.8. The Kier molecular flexibility index (Phi) is 7.25. The van der Waals surface area contributed by atoms with E-state index in [4.69, 9.17) is 0 Å². The summed E-state index contributed by atoms with van der Waals surface area (Å²) in [6.45, 7) is 12.0. The maximum absolute atomic E-state index is 13.8. The van der Waals surface area contributed by atoms with E-state index in [1.807, 2.05) is 0 Å². The number of aliphatic hydroxyl groups is 2. The van der Waals surface area contributed by atoms with Crippen molar-refractivity contribution in [3.8, 4) is 0 Å². The minimum Gasteiger partial charge on any atom is -0.388 e. The summed E-state index contributed by atoms with van der Waals surface area (Å²) in [7, 11) is 0. The van der Waals surface area contributed by atoms with Gasteiger partial charge in [-0.2, -0.15) is 0 Å². The highest BCUT2D eigenvalue weighted by Gasteiger charge is 2.51. The molecule has 3 nitrogen and oxygen atoms in total. The molecule has 1 saturated heterocycles. The van der Waals surface area contributed by atoms with E-state index in [0.717, 1.165) is 32.0 Å². The van der Waals surface area contributed by atoms with Crippen molar-refractivity contribution in [3.63, 3.8) is 0 Å². The first-order chi connectivity index (χ1) is 15.5. The molecule has 0 amide bonds. The van der Waals surface area contributed by atoms with Gasteiger partial charge in [0.2, 0.25) is 5.92 Å². The lowest BCUT2D eigenvalue weighted by Crippen LogP contribution is -2.40. The molecule has 33 heavy (non-hydrogen) atoms. The van der Waals surface area contributed by atoms with Crippen LogP contribution in [0, 0.1) is 29.1 Å². The van der Waals surface area contributed by atoms with Gasteiger partial charge >= 0.3 is 0 Å². The molecule has 0 aromatic rings. The lowest BCUT2D eigenvalue weighted by atomic mass is 9.61. The van der Waals surface area contributed by atoms with Gasteiger partial charge in [0.15, 0.2) is 0 Å². The quantitative estimate of drug-likeness (QED) is 0.511. The molecule has 0 bridgehead atoms. The zero-order valence-corrected chi connectivity index (χ0v) is 20.7. The molecule has 4 rings (SSSR count). The van der Waals surface area contributed by atoms with E-state index < -0.39 is 24.0 Å². The summed E-state index contributed by atoms with van der Waals surface area (Å²) in [5.41, 5.74) is 3.42. The third kappa shape index (κ3) is 5.16. The Bertz CT molecular complexity index is 784. The summed E-state index contributed by atoms with van der Waals surface area (Å²) in [6.07, 6.45) is 10.9. The van der Waals surface area contributed by atoms with Crippen molar-refractivity contribution in [1.29, 1.82) is 0 Å². The Morgan fingerprint density at radius 1 is 1.18 bits per heavy atom. The minimum atomic E-state index is -2.57. The normalized spacial score (nSPS) is 40.3. The molecule has 0 unspecified atom stereocenters. The smallest absolute Gasteiger partial charge is 0.249 e. The summed E-state index contributed by atoms with van der Waals surface area (Å²) in [6, 6.07) is 0. The van der Waals surface area contributed by atoms with Crippen molar-refractivity contribution in [2.75, 3.05) is 19.6 Å². The molecule has 0 radical (unpaired) electrons. The van der Waals surface area contributed by atoms with Gasteiger partial charge in [0.05, 0.1) is 12.2 Å². The van der Waals surface area contributed by atoms with Crippen LogP contribution in [0.25, 0.3) is 0 Å². The summed E-state index contributed by atoms with van der Waals surface area (Å²) >= 11 is 0. The van der Waals surface area contributed by atoms with Gasteiger partial charge in [-0.3, -0.25) is 0 Å². The van der Waals surface area contributed by atoms with Crippen LogP contribution >= 0.6 is 0 Å². The van der Waals surface area contributed by atoms with Gasteiger partial charge in [0.25, 0.3) is 0 Å². The highest BCUT2D eigenvalue weighted by molar-refractivity contribution is 5.29. The number of rotatable bonds is 5. The van der Waals surface area contributed by atoms with E-state index in [1.165, 1.54) is 31.3 Å². The molecule has 0 spiro atoms. The van der Waals surface area contributed by atoms with Gasteiger partial charge in [0, 0.05) is 19.0 Å². The van der Waals surface area contributed by atoms with Crippen LogP contribution in [-0.2, 0) is 0 Å². The number of aliphatic hydroxyl groups excluding tert-OH is 2. The average molecular weight is 464 g/mol. The van der Waals surface area contributed by atoms with Gasteiger partial charge in [-0.15, -0.1) is 0 Å². The van der Waals surface area contributed by atoms with Gasteiger partial charge in [-0.05, 0) is 93.6 Å². The topological polar surface area (TPSA) is 43.7 Å². The first-order valence-corrected chi connectivity index (χ1v) is 13.0. The number of allylic oxidation sites excluding steroid dienone is 3. The van der Waals surface area contributed by atoms with Crippen LogP contribution in [-0.4, -0.2) is 52.9 Å².